The van der Waals surface area contributed by atoms with Crippen LogP contribution in [0.1, 0.15) is 51.1 Å². The fraction of sp³-hybridized carbons (Fsp3) is 0.565. The van der Waals surface area contributed by atoms with Crippen LogP contribution < -0.4 is 20.9 Å². The third-order valence-corrected chi connectivity index (χ3v) is 7.30. The van der Waals surface area contributed by atoms with E-state index in [9.17, 15) is 4.79 Å². The molecule has 3 aliphatic rings. The highest BCUT2D eigenvalue weighted by Gasteiger charge is 2.41. The van der Waals surface area contributed by atoms with Gasteiger partial charge in [0.25, 0.3) is 0 Å². The highest BCUT2D eigenvalue weighted by atomic mass is 16.2. The molecule has 0 spiro atoms. The third kappa shape index (κ3) is 3.92. The van der Waals surface area contributed by atoms with Gasteiger partial charge in [0, 0.05) is 42.5 Å². The quantitative estimate of drug-likeness (QED) is 0.455. The second-order valence-electron chi connectivity index (χ2n) is 9.84. The van der Waals surface area contributed by atoms with E-state index in [1.54, 1.807) is 0 Å². The number of carbonyl (C=O) groups excluding carboxylic acids is 1. The molecule has 0 aromatic carbocycles. The second-order valence-corrected chi connectivity index (χ2v) is 9.84. The number of amides is 1. The zero-order valence-electron chi connectivity index (χ0n) is 19.0. The van der Waals surface area contributed by atoms with Gasteiger partial charge in [-0.25, -0.2) is 0 Å². The van der Waals surface area contributed by atoms with Crippen LogP contribution >= 0.6 is 0 Å². The van der Waals surface area contributed by atoms with Crippen molar-refractivity contribution in [3.05, 3.63) is 30.1 Å². The van der Waals surface area contributed by atoms with E-state index in [1.165, 1.54) is 12.8 Å². The number of carbonyl (C=O) groups is 1. The minimum atomic E-state index is -0.246. The van der Waals surface area contributed by atoms with Crippen molar-refractivity contribution in [3.63, 3.8) is 0 Å². The van der Waals surface area contributed by atoms with Crippen molar-refractivity contribution in [1.82, 2.24) is 35.2 Å². The number of hydrogen-bond donors (Lipinski definition) is 4. The van der Waals surface area contributed by atoms with E-state index in [4.69, 9.17) is 9.97 Å². The van der Waals surface area contributed by atoms with E-state index in [1.807, 2.05) is 27.6 Å². The summed E-state index contributed by atoms with van der Waals surface area (Å²) in [6.07, 6.45) is 8.17. The zero-order chi connectivity index (χ0) is 22.4. The SMILES string of the molecule is CC1(c2cc(Nc3nc(N4CCC[C@H]4C(=O)N[C@@H]4CCCNC4)nc4cccn34)n[nH]2)CC1. The number of hydrogen-bond acceptors (Lipinski definition) is 7. The van der Waals surface area contributed by atoms with Gasteiger partial charge in [0.15, 0.2) is 5.82 Å². The molecule has 1 saturated carbocycles. The highest BCUT2D eigenvalue weighted by molar-refractivity contribution is 5.85. The number of H-pyrrole nitrogens is 1. The summed E-state index contributed by atoms with van der Waals surface area (Å²) in [6, 6.07) is 5.92. The summed E-state index contributed by atoms with van der Waals surface area (Å²) < 4.78 is 1.91. The molecule has 0 unspecified atom stereocenters. The monoisotopic (exact) mass is 449 g/mol. The van der Waals surface area contributed by atoms with Gasteiger partial charge in [-0.05, 0) is 57.2 Å². The molecule has 3 aromatic rings. The fourth-order valence-corrected chi connectivity index (χ4v) is 4.95. The first kappa shape index (κ1) is 20.5. The van der Waals surface area contributed by atoms with Gasteiger partial charge in [-0.2, -0.15) is 15.1 Å². The zero-order valence-corrected chi connectivity index (χ0v) is 19.0. The molecule has 6 rings (SSSR count). The molecule has 3 fully saturated rings. The first-order chi connectivity index (χ1) is 16.1. The molecule has 2 aliphatic heterocycles. The Morgan fingerprint density at radius 2 is 2.15 bits per heavy atom. The Labute approximate surface area is 192 Å². The average Bonchev–Trinajstić information content (AvgIpc) is 3.28. The van der Waals surface area contributed by atoms with Crippen LogP contribution in [0, 0.1) is 0 Å². The second kappa shape index (κ2) is 8.02. The van der Waals surface area contributed by atoms with Gasteiger partial charge >= 0.3 is 0 Å². The Morgan fingerprint density at radius 3 is 2.97 bits per heavy atom. The van der Waals surface area contributed by atoms with Gasteiger partial charge in [0.05, 0.1) is 0 Å². The molecule has 10 nitrogen and oxygen atoms in total. The van der Waals surface area contributed by atoms with Crippen LogP contribution in [0.15, 0.2) is 24.4 Å². The lowest BCUT2D eigenvalue weighted by atomic mass is 10.1. The molecule has 4 N–H and O–H groups in total. The average molecular weight is 450 g/mol. The molecule has 1 aliphatic carbocycles. The van der Waals surface area contributed by atoms with Crippen LogP contribution in [-0.2, 0) is 10.2 Å². The summed E-state index contributed by atoms with van der Waals surface area (Å²) in [7, 11) is 0. The maximum Gasteiger partial charge on any atom is 0.243 e. The third-order valence-electron chi connectivity index (χ3n) is 7.30. The molecular formula is C23H31N9O. The Bertz CT molecular complexity index is 1160. The van der Waals surface area contributed by atoms with Gasteiger partial charge in [-0.15, -0.1) is 0 Å². The van der Waals surface area contributed by atoms with E-state index in [-0.39, 0.29) is 23.4 Å². The van der Waals surface area contributed by atoms with Crippen LogP contribution in [0.3, 0.4) is 0 Å². The van der Waals surface area contributed by atoms with E-state index in [0.29, 0.717) is 11.9 Å². The summed E-state index contributed by atoms with van der Waals surface area (Å²) >= 11 is 0. The smallest absolute Gasteiger partial charge is 0.243 e. The lowest BCUT2D eigenvalue weighted by molar-refractivity contribution is -0.123. The number of fused-ring (bicyclic) bond motifs is 1. The molecule has 1 amide bonds. The highest BCUT2D eigenvalue weighted by Crippen LogP contribution is 2.47. The first-order valence-corrected chi connectivity index (χ1v) is 12.0. The molecule has 0 radical (unpaired) electrons. The number of aromatic nitrogens is 5. The van der Waals surface area contributed by atoms with Crippen molar-refractivity contribution >= 4 is 29.3 Å². The standard InChI is InChI=1S/C23H31N9O/c1-23(8-9-23)17-13-18(30-29-17)26-21-28-22(27-19-7-4-12-32(19)21)31-11-3-6-16(31)20(33)25-15-5-2-10-24-14-15/h4,7,12-13,15-16,24H,2-3,5-6,8-11,14H2,1H3,(H,25,33)(H2,26,27,28,29,30)/t15-,16+/m1/s1. The Balaban J connectivity index is 1.25. The van der Waals surface area contributed by atoms with Crippen LogP contribution in [-0.4, -0.2) is 62.2 Å². The molecular weight excluding hydrogens is 418 g/mol. The van der Waals surface area contributed by atoms with Crippen molar-refractivity contribution in [2.75, 3.05) is 29.9 Å². The van der Waals surface area contributed by atoms with Crippen LogP contribution in [0.5, 0.6) is 0 Å². The molecule has 10 heteroatoms. The maximum absolute atomic E-state index is 13.1. The van der Waals surface area contributed by atoms with E-state index >= 15 is 0 Å². The predicted octanol–water partition coefficient (Wildman–Crippen LogP) is 2.08. The summed E-state index contributed by atoms with van der Waals surface area (Å²) in [5.74, 6) is 2.03. The summed E-state index contributed by atoms with van der Waals surface area (Å²) in [6.45, 7) is 4.88. The lowest BCUT2D eigenvalue weighted by Gasteiger charge is -2.28. The fourth-order valence-electron chi connectivity index (χ4n) is 4.95. The minimum absolute atomic E-state index is 0.0733. The van der Waals surface area contributed by atoms with Crippen molar-refractivity contribution in [1.29, 1.82) is 0 Å². The topological polar surface area (TPSA) is 115 Å². The lowest BCUT2D eigenvalue weighted by Crippen LogP contribution is -2.51. The first-order valence-electron chi connectivity index (χ1n) is 12.0. The van der Waals surface area contributed by atoms with Gasteiger partial charge in [0.1, 0.15) is 11.7 Å². The molecule has 0 bridgehead atoms. The number of nitrogens with one attached hydrogen (secondary N) is 4. The van der Waals surface area contributed by atoms with Gasteiger partial charge in [0.2, 0.25) is 17.8 Å². The number of rotatable bonds is 6. The predicted molar refractivity (Wildman–Crippen MR) is 126 cm³/mol. The van der Waals surface area contributed by atoms with Crippen molar-refractivity contribution in [3.8, 4) is 0 Å². The minimum Gasteiger partial charge on any atom is -0.350 e. The van der Waals surface area contributed by atoms with Crippen LogP contribution in [0.25, 0.3) is 5.65 Å². The van der Waals surface area contributed by atoms with Crippen molar-refractivity contribution in [2.24, 2.45) is 0 Å². The molecule has 174 valence electrons. The maximum atomic E-state index is 13.1. The molecule has 33 heavy (non-hydrogen) atoms. The molecule has 2 atom stereocenters. The Kier molecular flexibility index (Phi) is 4.97. The van der Waals surface area contributed by atoms with Crippen molar-refractivity contribution in [2.45, 2.75) is 62.9 Å². The summed E-state index contributed by atoms with van der Waals surface area (Å²) in [5.41, 5.74) is 2.16. The normalized spacial score (nSPS) is 24.2. The molecule has 5 heterocycles. The van der Waals surface area contributed by atoms with Gasteiger partial charge in [-0.3, -0.25) is 14.3 Å². The van der Waals surface area contributed by atoms with Gasteiger partial charge < -0.3 is 20.9 Å². The number of aromatic amines is 1. The Morgan fingerprint density at radius 1 is 1.24 bits per heavy atom. The van der Waals surface area contributed by atoms with E-state index in [2.05, 4.69) is 39.1 Å². The van der Waals surface area contributed by atoms with E-state index in [0.717, 1.165) is 62.5 Å². The van der Waals surface area contributed by atoms with Crippen LogP contribution in [0.2, 0.25) is 0 Å². The number of piperidine rings is 1. The van der Waals surface area contributed by atoms with E-state index < -0.39 is 0 Å². The van der Waals surface area contributed by atoms with Gasteiger partial charge in [-0.1, -0.05) is 6.92 Å². The molecule has 3 aromatic heterocycles. The summed E-state index contributed by atoms with van der Waals surface area (Å²) in [4.78, 5) is 24.8. The molecule has 2 saturated heterocycles. The number of nitrogens with zero attached hydrogens (tertiary/aromatic N) is 5. The number of anilines is 3. The van der Waals surface area contributed by atoms with Crippen molar-refractivity contribution < 1.29 is 4.79 Å². The van der Waals surface area contributed by atoms with Crippen LogP contribution in [0.4, 0.5) is 17.7 Å². The Hall–Kier alpha value is -3.14. The largest absolute Gasteiger partial charge is 0.350 e. The summed E-state index contributed by atoms with van der Waals surface area (Å²) in [5, 5.41) is 17.6.